The third-order valence-corrected chi connectivity index (χ3v) is 5.70. The van der Waals surface area contributed by atoms with Crippen LogP contribution in [-0.2, 0) is 10.0 Å². The van der Waals surface area contributed by atoms with E-state index in [4.69, 9.17) is 5.73 Å². The molecule has 0 bridgehead atoms. The molecular weight excluding hydrogens is 386 g/mol. The van der Waals surface area contributed by atoms with Crippen molar-refractivity contribution in [3.8, 4) is 0 Å². The Morgan fingerprint density at radius 3 is 2.44 bits per heavy atom. The summed E-state index contributed by atoms with van der Waals surface area (Å²) >= 11 is 0. The number of sulfonamides is 1. The summed E-state index contributed by atoms with van der Waals surface area (Å²) < 4.78 is 27.8. The molecule has 2 aromatic rings. The molecule has 0 saturated heterocycles. The Kier molecular flexibility index (Phi) is 9.28. The summed E-state index contributed by atoms with van der Waals surface area (Å²) in [6, 6.07) is 15.1. The number of halogens is 1. The Labute approximate surface area is 167 Å². The number of nitrogens with one attached hydrogen (secondary N) is 1. The number of carbonyl (C=O) groups is 1. The van der Waals surface area contributed by atoms with Gasteiger partial charge in [0, 0.05) is 25.2 Å². The molecule has 1 amide bonds. The normalized spacial score (nSPS) is 10.7. The minimum Gasteiger partial charge on any atom is -0.351 e. The standard InChI is InChI=1S/C19H25N3O3S.ClH/c1-2-3-14-22(17-9-5-4-6-10-17)26(24,25)18-11-7-8-16(15-18)19(23)21-13-12-20;/h4-11,15H,2-3,12-14,20H2,1H3,(H,21,23);1H. The van der Waals surface area contributed by atoms with Gasteiger partial charge in [-0.1, -0.05) is 37.6 Å². The average Bonchev–Trinajstić information content (AvgIpc) is 2.67. The second kappa shape index (κ2) is 10.9. The van der Waals surface area contributed by atoms with Gasteiger partial charge in [-0.2, -0.15) is 0 Å². The highest BCUT2D eigenvalue weighted by Gasteiger charge is 2.25. The lowest BCUT2D eigenvalue weighted by molar-refractivity contribution is 0.0954. The van der Waals surface area contributed by atoms with Crippen molar-refractivity contribution in [3.63, 3.8) is 0 Å². The average molecular weight is 412 g/mol. The molecule has 0 heterocycles. The number of anilines is 1. The van der Waals surface area contributed by atoms with E-state index in [0.717, 1.165) is 12.8 Å². The Balaban J connectivity index is 0.00000364. The molecule has 0 aromatic heterocycles. The van der Waals surface area contributed by atoms with E-state index in [-0.39, 0.29) is 23.2 Å². The van der Waals surface area contributed by atoms with E-state index in [2.05, 4.69) is 5.32 Å². The SMILES string of the molecule is CCCCN(c1ccccc1)S(=O)(=O)c1cccc(C(=O)NCCN)c1.Cl. The smallest absolute Gasteiger partial charge is 0.264 e. The summed E-state index contributed by atoms with van der Waals surface area (Å²) in [5.74, 6) is -0.340. The number of nitrogens with zero attached hydrogens (tertiary/aromatic N) is 1. The van der Waals surface area contributed by atoms with Crippen LogP contribution in [0.4, 0.5) is 5.69 Å². The molecule has 0 aliphatic rings. The van der Waals surface area contributed by atoms with Crippen LogP contribution >= 0.6 is 12.4 Å². The monoisotopic (exact) mass is 411 g/mol. The molecule has 2 aromatic carbocycles. The molecule has 0 spiro atoms. The molecular formula is C19H26ClN3O3S. The van der Waals surface area contributed by atoms with Gasteiger partial charge in [0.2, 0.25) is 0 Å². The highest BCUT2D eigenvalue weighted by Crippen LogP contribution is 2.24. The predicted molar refractivity (Wildman–Crippen MR) is 111 cm³/mol. The number of benzene rings is 2. The second-order valence-corrected chi connectivity index (χ2v) is 7.70. The number of para-hydroxylation sites is 1. The van der Waals surface area contributed by atoms with Crippen molar-refractivity contribution in [2.75, 3.05) is 23.9 Å². The van der Waals surface area contributed by atoms with Crippen molar-refractivity contribution < 1.29 is 13.2 Å². The first-order valence-corrected chi connectivity index (χ1v) is 10.1. The van der Waals surface area contributed by atoms with Crippen LogP contribution in [0.2, 0.25) is 0 Å². The van der Waals surface area contributed by atoms with Gasteiger partial charge in [-0.15, -0.1) is 12.4 Å². The molecule has 3 N–H and O–H groups in total. The molecule has 0 aliphatic heterocycles. The lowest BCUT2D eigenvalue weighted by Gasteiger charge is -2.24. The number of nitrogens with two attached hydrogens (primary N) is 1. The highest BCUT2D eigenvalue weighted by atomic mass is 35.5. The number of rotatable bonds is 9. The summed E-state index contributed by atoms with van der Waals surface area (Å²) in [7, 11) is -3.77. The summed E-state index contributed by atoms with van der Waals surface area (Å²) in [5.41, 5.74) is 6.29. The van der Waals surface area contributed by atoms with Crippen LogP contribution in [0.5, 0.6) is 0 Å². The molecule has 0 saturated carbocycles. The van der Waals surface area contributed by atoms with E-state index in [1.54, 1.807) is 36.4 Å². The van der Waals surface area contributed by atoms with Crippen LogP contribution in [0.1, 0.15) is 30.1 Å². The number of hydrogen-bond acceptors (Lipinski definition) is 4. The van der Waals surface area contributed by atoms with Gasteiger partial charge in [0.05, 0.1) is 10.6 Å². The largest absolute Gasteiger partial charge is 0.351 e. The highest BCUT2D eigenvalue weighted by molar-refractivity contribution is 7.92. The first-order chi connectivity index (χ1) is 12.5. The molecule has 0 radical (unpaired) electrons. The van der Waals surface area contributed by atoms with Crippen molar-refractivity contribution in [2.24, 2.45) is 5.73 Å². The van der Waals surface area contributed by atoms with E-state index in [1.165, 1.54) is 16.4 Å². The molecule has 27 heavy (non-hydrogen) atoms. The zero-order valence-electron chi connectivity index (χ0n) is 15.3. The van der Waals surface area contributed by atoms with Crippen LogP contribution in [0.25, 0.3) is 0 Å². The van der Waals surface area contributed by atoms with Gasteiger partial charge in [-0.3, -0.25) is 9.10 Å². The lowest BCUT2D eigenvalue weighted by Crippen LogP contribution is -2.32. The van der Waals surface area contributed by atoms with Gasteiger partial charge >= 0.3 is 0 Å². The zero-order chi connectivity index (χ0) is 19.0. The lowest BCUT2D eigenvalue weighted by atomic mass is 10.2. The van der Waals surface area contributed by atoms with Crippen molar-refractivity contribution in [3.05, 3.63) is 60.2 Å². The van der Waals surface area contributed by atoms with Crippen LogP contribution in [0, 0.1) is 0 Å². The zero-order valence-corrected chi connectivity index (χ0v) is 16.9. The van der Waals surface area contributed by atoms with Gasteiger partial charge in [0.15, 0.2) is 0 Å². The number of unbranched alkanes of at least 4 members (excludes halogenated alkanes) is 1. The molecule has 6 nitrogen and oxygen atoms in total. The van der Waals surface area contributed by atoms with Gasteiger partial charge < -0.3 is 11.1 Å². The van der Waals surface area contributed by atoms with Crippen LogP contribution < -0.4 is 15.4 Å². The van der Waals surface area contributed by atoms with Crippen LogP contribution in [0.15, 0.2) is 59.5 Å². The van der Waals surface area contributed by atoms with Crippen molar-refractivity contribution in [1.29, 1.82) is 0 Å². The molecule has 148 valence electrons. The van der Waals surface area contributed by atoms with E-state index in [0.29, 0.717) is 30.9 Å². The van der Waals surface area contributed by atoms with Crippen LogP contribution in [0.3, 0.4) is 0 Å². The molecule has 0 atom stereocenters. The van der Waals surface area contributed by atoms with Crippen molar-refractivity contribution in [2.45, 2.75) is 24.7 Å². The molecule has 0 fully saturated rings. The summed E-state index contributed by atoms with van der Waals surface area (Å²) in [5, 5.41) is 2.65. The fraction of sp³-hybridized carbons (Fsp3) is 0.316. The van der Waals surface area contributed by atoms with Gasteiger partial charge in [-0.25, -0.2) is 8.42 Å². The summed E-state index contributed by atoms with van der Waals surface area (Å²) in [4.78, 5) is 12.2. The quantitative estimate of drug-likeness (QED) is 0.663. The fourth-order valence-electron chi connectivity index (χ4n) is 2.50. The molecule has 8 heteroatoms. The van der Waals surface area contributed by atoms with Crippen molar-refractivity contribution in [1.82, 2.24) is 5.32 Å². The number of carbonyl (C=O) groups excluding carboxylic acids is 1. The van der Waals surface area contributed by atoms with E-state index in [9.17, 15) is 13.2 Å². The molecule has 0 unspecified atom stereocenters. The van der Waals surface area contributed by atoms with Crippen LogP contribution in [-0.4, -0.2) is 34.0 Å². The van der Waals surface area contributed by atoms with E-state index < -0.39 is 10.0 Å². The van der Waals surface area contributed by atoms with E-state index >= 15 is 0 Å². The first-order valence-electron chi connectivity index (χ1n) is 8.66. The second-order valence-electron chi connectivity index (χ2n) is 5.84. The fourth-order valence-corrected chi connectivity index (χ4v) is 4.05. The maximum atomic E-state index is 13.2. The Morgan fingerprint density at radius 2 is 1.81 bits per heavy atom. The Hall–Kier alpha value is -2.09. The predicted octanol–water partition coefficient (Wildman–Crippen LogP) is 2.79. The van der Waals surface area contributed by atoms with Gasteiger partial charge in [0.1, 0.15) is 0 Å². The van der Waals surface area contributed by atoms with E-state index in [1.807, 2.05) is 13.0 Å². The minimum absolute atomic E-state index is 0. The minimum atomic E-state index is -3.77. The first kappa shape index (κ1) is 23.0. The Morgan fingerprint density at radius 1 is 1.11 bits per heavy atom. The third kappa shape index (κ3) is 5.95. The maximum Gasteiger partial charge on any atom is 0.264 e. The summed E-state index contributed by atoms with van der Waals surface area (Å²) in [6.45, 7) is 3.05. The third-order valence-electron chi connectivity index (χ3n) is 3.87. The molecule has 0 aliphatic carbocycles. The van der Waals surface area contributed by atoms with Crippen molar-refractivity contribution >= 4 is 34.0 Å². The summed E-state index contributed by atoms with van der Waals surface area (Å²) in [6.07, 6.45) is 1.62. The van der Waals surface area contributed by atoms with Gasteiger partial charge in [-0.05, 0) is 36.8 Å². The maximum absolute atomic E-state index is 13.2. The topological polar surface area (TPSA) is 92.5 Å². The molecule has 2 rings (SSSR count). The van der Waals surface area contributed by atoms with Gasteiger partial charge in [0.25, 0.3) is 15.9 Å². The number of amides is 1. The Bertz CT molecular complexity index is 829. The number of hydrogen-bond donors (Lipinski definition) is 2.